The average molecular weight is 312 g/mol. The van der Waals surface area contributed by atoms with Gasteiger partial charge in [-0.3, -0.25) is 0 Å². The molecule has 4 saturated carbocycles. The smallest absolute Gasteiger partial charge is 0.164 e. The first-order valence-corrected chi connectivity index (χ1v) is 8.73. The molecule has 124 valence electrons. The SMILES string of the molecule is CC12CCC(OCC34CCC(O)(CC3)CC4)(CC1)C(F)=C2F. The van der Waals surface area contributed by atoms with E-state index in [1.807, 2.05) is 6.92 Å². The normalized spacial score (nSPS) is 50.7. The van der Waals surface area contributed by atoms with Gasteiger partial charge in [0.15, 0.2) is 5.83 Å². The van der Waals surface area contributed by atoms with Crippen LogP contribution in [0.25, 0.3) is 0 Å². The summed E-state index contributed by atoms with van der Waals surface area (Å²) in [6.45, 7) is 2.34. The number of fused-ring (bicyclic) bond motifs is 5. The van der Waals surface area contributed by atoms with Crippen molar-refractivity contribution in [3.63, 3.8) is 0 Å². The Kier molecular flexibility index (Phi) is 3.11. The van der Waals surface area contributed by atoms with Crippen LogP contribution in [-0.2, 0) is 4.74 Å². The number of hydrogen-bond acceptors (Lipinski definition) is 2. The van der Waals surface area contributed by atoms with Crippen LogP contribution in [0.15, 0.2) is 11.7 Å². The van der Waals surface area contributed by atoms with Gasteiger partial charge < -0.3 is 9.84 Å². The van der Waals surface area contributed by atoms with Crippen LogP contribution in [0.1, 0.15) is 71.1 Å². The molecule has 0 saturated heterocycles. The van der Waals surface area contributed by atoms with Crippen LogP contribution in [0.3, 0.4) is 0 Å². The van der Waals surface area contributed by atoms with Gasteiger partial charge in [0.25, 0.3) is 0 Å². The molecule has 22 heavy (non-hydrogen) atoms. The number of aliphatic hydroxyl groups is 1. The van der Waals surface area contributed by atoms with Crippen molar-refractivity contribution in [3.8, 4) is 0 Å². The molecule has 2 nitrogen and oxygen atoms in total. The second-order valence-corrected chi connectivity index (χ2v) is 8.70. The van der Waals surface area contributed by atoms with Gasteiger partial charge in [0.2, 0.25) is 0 Å². The first-order chi connectivity index (χ1) is 10.3. The first kappa shape index (κ1) is 15.1. The zero-order valence-electron chi connectivity index (χ0n) is 13.4. The summed E-state index contributed by atoms with van der Waals surface area (Å²) >= 11 is 0. The van der Waals surface area contributed by atoms with Crippen LogP contribution in [0, 0.1) is 10.8 Å². The second-order valence-electron chi connectivity index (χ2n) is 8.70. The van der Waals surface area contributed by atoms with E-state index in [4.69, 9.17) is 4.74 Å². The highest BCUT2D eigenvalue weighted by Crippen LogP contribution is 2.59. The number of rotatable bonds is 3. The summed E-state index contributed by atoms with van der Waals surface area (Å²) in [5.74, 6) is -1.20. The maximum absolute atomic E-state index is 14.6. The molecule has 0 amide bonds. The van der Waals surface area contributed by atoms with Crippen LogP contribution >= 0.6 is 0 Å². The Morgan fingerprint density at radius 2 is 1.41 bits per heavy atom. The van der Waals surface area contributed by atoms with Gasteiger partial charge in [-0.2, -0.15) is 0 Å². The number of ether oxygens (including phenoxy) is 1. The lowest BCUT2D eigenvalue weighted by atomic mass is 9.58. The van der Waals surface area contributed by atoms with Crippen molar-refractivity contribution >= 4 is 0 Å². The summed E-state index contributed by atoms with van der Waals surface area (Å²) in [6.07, 6.45) is 7.89. The third-order valence-corrected chi connectivity index (χ3v) is 7.30. The van der Waals surface area contributed by atoms with Gasteiger partial charge in [-0.1, -0.05) is 6.92 Å². The fourth-order valence-corrected chi connectivity index (χ4v) is 5.07. The van der Waals surface area contributed by atoms with E-state index in [-0.39, 0.29) is 5.41 Å². The Bertz CT molecular complexity index is 493. The lowest BCUT2D eigenvalue weighted by molar-refractivity contribution is -0.161. The van der Waals surface area contributed by atoms with Crippen LogP contribution in [0.4, 0.5) is 8.78 Å². The molecule has 4 heteroatoms. The molecule has 0 radical (unpaired) electrons. The van der Waals surface area contributed by atoms with E-state index in [0.717, 1.165) is 38.5 Å². The molecule has 0 aliphatic heterocycles. The number of hydrogen-bond donors (Lipinski definition) is 1. The van der Waals surface area contributed by atoms with E-state index in [2.05, 4.69) is 0 Å². The van der Waals surface area contributed by atoms with Gasteiger partial charge in [0, 0.05) is 5.41 Å². The summed E-state index contributed by atoms with van der Waals surface area (Å²) in [6, 6.07) is 0. The Labute approximate surface area is 130 Å². The van der Waals surface area contributed by atoms with E-state index in [9.17, 15) is 13.9 Å². The fourth-order valence-electron chi connectivity index (χ4n) is 5.07. The lowest BCUT2D eigenvalue weighted by Gasteiger charge is -2.53. The van der Waals surface area contributed by atoms with E-state index < -0.39 is 28.3 Å². The molecule has 0 unspecified atom stereocenters. The monoisotopic (exact) mass is 312 g/mol. The van der Waals surface area contributed by atoms with Gasteiger partial charge in [0.1, 0.15) is 11.4 Å². The molecule has 0 aromatic heterocycles. The standard InChI is InChI=1S/C18H26F2O2/c1-15-2-10-18(11-3-15,14(20)13(15)19)22-12-16-4-7-17(21,8-5-16)9-6-16/h21H,2-12H2,1H3. The molecule has 1 N–H and O–H groups in total. The largest absolute Gasteiger partial charge is 0.390 e. The Balaban J connectivity index is 1.50. The minimum absolute atomic E-state index is 0.0776. The first-order valence-electron chi connectivity index (χ1n) is 8.73. The van der Waals surface area contributed by atoms with E-state index in [0.29, 0.717) is 32.3 Å². The fraction of sp³-hybridized carbons (Fsp3) is 0.889. The molecule has 0 spiro atoms. The summed E-state index contributed by atoms with van der Waals surface area (Å²) < 4.78 is 35.0. The summed E-state index contributed by atoms with van der Waals surface area (Å²) in [7, 11) is 0. The van der Waals surface area contributed by atoms with Crippen molar-refractivity contribution in [1.82, 2.24) is 0 Å². The lowest BCUT2D eigenvalue weighted by Crippen LogP contribution is -2.52. The van der Waals surface area contributed by atoms with Crippen LogP contribution in [-0.4, -0.2) is 22.9 Å². The minimum Gasteiger partial charge on any atom is -0.390 e. The van der Waals surface area contributed by atoms with Gasteiger partial charge in [-0.25, -0.2) is 8.78 Å². The molecule has 6 aliphatic carbocycles. The molecule has 4 bridgehead atoms. The predicted molar refractivity (Wildman–Crippen MR) is 79.6 cm³/mol. The maximum atomic E-state index is 14.6. The van der Waals surface area contributed by atoms with E-state index >= 15 is 0 Å². The molecule has 4 fully saturated rings. The van der Waals surface area contributed by atoms with Gasteiger partial charge in [-0.15, -0.1) is 0 Å². The molecular weight excluding hydrogens is 286 g/mol. The van der Waals surface area contributed by atoms with Crippen LogP contribution in [0.5, 0.6) is 0 Å². The zero-order chi connectivity index (χ0) is 15.6. The summed E-state index contributed by atoms with van der Waals surface area (Å²) in [4.78, 5) is 0. The highest BCUT2D eigenvalue weighted by atomic mass is 19.2. The molecular formula is C18H26F2O2. The summed E-state index contributed by atoms with van der Waals surface area (Å²) in [5, 5.41) is 10.3. The second kappa shape index (κ2) is 4.54. The Morgan fingerprint density at radius 3 is 1.95 bits per heavy atom. The van der Waals surface area contributed by atoms with Gasteiger partial charge >= 0.3 is 0 Å². The van der Waals surface area contributed by atoms with Crippen molar-refractivity contribution in [3.05, 3.63) is 11.7 Å². The molecule has 0 aromatic rings. The van der Waals surface area contributed by atoms with Crippen LogP contribution in [0.2, 0.25) is 0 Å². The Morgan fingerprint density at radius 1 is 0.864 bits per heavy atom. The van der Waals surface area contributed by atoms with Crippen molar-refractivity contribution in [2.45, 2.75) is 82.3 Å². The van der Waals surface area contributed by atoms with Crippen molar-refractivity contribution in [2.75, 3.05) is 6.61 Å². The Hall–Kier alpha value is -0.480. The van der Waals surface area contributed by atoms with E-state index in [1.54, 1.807) is 0 Å². The van der Waals surface area contributed by atoms with E-state index in [1.165, 1.54) is 0 Å². The van der Waals surface area contributed by atoms with Crippen molar-refractivity contribution < 1.29 is 18.6 Å². The molecule has 6 aliphatic rings. The maximum Gasteiger partial charge on any atom is 0.164 e. The predicted octanol–water partition coefficient (Wildman–Crippen LogP) is 4.57. The molecule has 6 rings (SSSR count). The topological polar surface area (TPSA) is 29.5 Å². The van der Waals surface area contributed by atoms with Crippen LogP contribution < -0.4 is 0 Å². The highest BCUT2D eigenvalue weighted by Gasteiger charge is 2.56. The van der Waals surface area contributed by atoms with Gasteiger partial charge in [0.05, 0.1) is 12.2 Å². The molecule has 0 heterocycles. The highest BCUT2D eigenvalue weighted by molar-refractivity contribution is 5.28. The average Bonchev–Trinajstić information content (AvgIpc) is 2.54. The zero-order valence-corrected chi connectivity index (χ0v) is 13.4. The molecule has 0 atom stereocenters. The summed E-state index contributed by atoms with van der Waals surface area (Å²) in [5.41, 5.74) is -1.98. The molecule has 0 aromatic carbocycles. The number of allylic oxidation sites excluding steroid dienone is 1. The van der Waals surface area contributed by atoms with Crippen molar-refractivity contribution in [2.24, 2.45) is 10.8 Å². The third-order valence-electron chi connectivity index (χ3n) is 7.30. The van der Waals surface area contributed by atoms with Gasteiger partial charge in [-0.05, 0) is 69.6 Å². The number of halogens is 2. The minimum atomic E-state index is -0.998. The third kappa shape index (κ3) is 2.02. The van der Waals surface area contributed by atoms with Crippen molar-refractivity contribution in [1.29, 1.82) is 0 Å². The quantitative estimate of drug-likeness (QED) is 0.827.